The first-order valence-corrected chi connectivity index (χ1v) is 9.68. The second-order valence-electron chi connectivity index (χ2n) is 7.22. The van der Waals surface area contributed by atoms with E-state index in [4.69, 9.17) is 9.52 Å². The van der Waals surface area contributed by atoms with Crippen molar-refractivity contribution >= 4 is 17.8 Å². The number of carbonyl (C=O) groups is 3. The minimum absolute atomic E-state index is 0.197. The molecule has 1 atom stereocenters. The van der Waals surface area contributed by atoms with Crippen LogP contribution < -0.4 is 0 Å². The SMILES string of the molecule is CC(=O)N(CC(=O)O)C1CCCN(C(=O)c2oc(-c3ccccc3)nc2C)CC1. The molecule has 0 spiro atoms. The lowest BCUT2D eigenvalue weighted by Gasteiger charge is -2.28. The van der Waals surface area contributed by atoms with E-state index in [-0.39, 0.29) is 30.2 Å². The van der Waals surface area contributed by atoms with E-state index in [1.54, 1.807) is 11.8 Å². The first kappa shape index (κ1) is 20.6. The number of oxazole rings is 1. The number of carboxylic acid groups (broad SMARTS) is 1. The number of aryl methyl sites for hydroxylation is 1. The van der Waals surface area contributed by atoms with Gasteiger partial charge in [0.2, 0.25) is 17.6 Å². The Labute approximate surface area is 169 Å². The monoisotopic (exact) mass is 399 g/mol. The molecule has 2 amide bonds. The predicted octanol–water partition coefficient (Wildman–Crippen LogP) is 2.58. The Hall–Kier alpha value is -3.16. The van der Waals surface area contributed by atoms with Gasteiger partial charge in [-0.25, -0.2) is 4.98 Å². The molecule has 154 valence electrons. The minimum Gasteiger partial charge on any atom is -0.480 e. The highest BCUT2D eigenvalue weighted by molar-refractivity contribution is 5.93. The van der Waals surface area contributed by atoms with Gasteiger partial charge in [-0.3, -0.25) is 14.4 Å². The van der Waals surface area contributed by atoms with Gasteiger partial charge in [-0.1, -0.05) is 18.2 Å². The van der Waals surface area contributed by atoms with E-state index < -0.39 is 5.97 Å². The average molecular weight is 399 g/mol. The number of carboxylic acids is 1. The molecule has 8 heteroatoms. The van der Waals surface area contributed by atoms with Gasteiger partial charge in [0, 0.05) is 31.6 Å². The lowest BCUT2D eigenvalue weighted by atomic mass is 10.1. The van der Waals surface area contributed by atoms with Crippen LogP contribution >= 0.6 is 0 Å². The maximum atomic E-state index is 13.0. The van der Waals surface area contributed by atoms with Crippen molar-refractivity contribution in [2.45, 2.75) is 39.2 Å². The number of rotatable bonds is 5. The Kier molecular flexibility index (Phi) is 6.31. The molecule has 1 saturated heterocycles. The van der Waals surface area contributed by atoms with Gasteiger partial charge in [0.1, 0.15) is 6.54 Å². The normalized spacial score (nSPS) is 16.9. The second-order valence-corrected chi connectivity index (χ2v) is 7.22. The Bertz CT molecular complexity index is 893. The summed E-state index contributed by atoms with van der Waals surface area (Å²) in [5.41, 5.74) is 1.34. The molecule has 0 aliphatic carbocycles. The third kappa shape index (κ3) is 4.82. The maximum absolute atomic E-state index is 13.0. The molecule has 1 N–H and O–H groups in total. The third-order valence-electron chi connectivity index (χ3n) is 5.15. The fourth-order valence-corrected chi connectivity index (χ4v) is 3.68. The van der Waals surface area contributed by atoms with Crippen LogP contribution in [0.4, 0.5) is 0 Å². The first-order valence-electron chi connectivity index (χ1n) is 9.68. The first-order chi connectivity index (χ1) is 13.9. The van der Waals surface area contributed by atoms with E-state index >= 15 is 0 Å². The van der Waals surface area contributed by atoms with E-state index in [9.17, 15) is 14.4 Å². The Morgan fingerprint density at radius 2 is 1.93 bits per heavy atom. The highest BCUT2D eigenvalue weighted by atomic mass is 16.4. The van der Waals surface area contributed by atoms with Crippen molar-refractivity contribution in [3.63, 3.8) is 0 Å². The number of hydrogen-bond donors (Lipinski definition) is 1. The second kappa shape index (κ2) is 8.89. The van der Waals surface area contributed by atoms with Crippen molar-refractivity contribution < 1.29 is 23.9 Å². The van der Waals surface area contributed by atoms with Crippen molar-refractivity contribution in [2.24, 2.45) is 0 Å². The Morgan fingerprint density at radius 3 is 2.59 bits per heavy atom. The quantitative estimate of drug-likeness (QED) is 0.829. The topological polar surface area (TPSA) is 104 Å². The summed E-state index contributed by atoms with van der Waals surface area (Å²) in [5, 5.41) is 9.07. The molecule has 0 bridgehead atoms. The van der Waals surface area contributed by atoms with Gasteiger partial charge in [-0.2, -0.15) is 0 Å². The van der Waals surface area contributed by atoms with Gasteiger partial charge in [0.15, 0.2) is 0 Å². The van der Waals surface area contributed by atoms with Gasteiger partial charge < -0.3 is 19.3 Å². The highest BCUT2D eigenvalue weighted by Gasteiger charge is 2.30. The van der Waals surface area contributed by atoms with Crippen LogP contribution in [0.15, 0.2) is 34.7 Å². The summed E-state index contributed by atoms with van der Waals surface area (Å²) in [7, 11) is 0. The van der Waals surface area contributed by atoms with Crippen molar-refractivity contribution in [2.75, 3.05) is 19.6 Å². The molecule has 8 nitrogen and oxygen atoms in total. The molecule has 1 aliphatic heterocycles. The standard InChI is InChI=1S/C21H25N3O5/c1-14-19(29-20(22-14)16-7-4-3-5-8-16)21(28)23-11-6-9-17(10-12-23)24(15(2)25)13-18(26)27/h3-5,7-8,17H,6,9-13H2,1-2H3,(H,26,27). The molecule has 1 unspecified atom stereocenters. The van der Waals surface area contributed by atoms with Crippen molar-refractivity contribution in [3.8, 4) is 11.5 Å². The van der Waals surface area contributed by atoms with Crippen LogP contribution in [0.2, 0.25) is 0 Å². The lowest BCUT2D eigenvalue weighted by Crippen LogP contribution is -2.43. The molecular weight excluding hydrogens is 374 g/mol. The van der Waals surface area contributed by atoms with Crippen LogP contribution in [0.5, 0.6) is 0 Å². The van der Waals surface area contributed by atoms with Gasteiger partial charge >= 0.3 is 5.97 Å². The fraction of sp³-hybridized carbons (Fsp3) is 0.429. The van der Waals surface area contributed by atoms with E-state index in [1.807, 2.05) is 30.3 Å². The summed E-state index contributed by atoms with van der Waals surface area (Å²) in [6, 6.07) is 9.20. The smallest absolute Gasteiger partial charge is 0.323 e. The summed E-state index contributed by atoms with van der Waals surface area (Å²) < 4.78 is 5.78. The molecule has 1 aliphatic rings. The minimum atomic E-state index is -1.04. The zero-order chi connectivity index (χ0) is 21.0. The molecule has 3 rings (SSSR count). The summed E-state index contributed by atoms with van der Waals surface area (Å²) in [5.74, 6) is -0.913. The van der Waals surface area contributed by atoms with E-state index in [0.717, 1.165) is 5.56 Å². The fourth-order valence-electron chi connectivity index (χ4n) is 3.68. The highest BCUT2D eigenvalue weighted by Crippen LogP contribution is 2.24. The maximum Gasteiger partial charge on any atom is 0.323 e. The van der Waals surface area contributed by atoms with Crippen molar-refractivity contribution in [1.82, 2.24) is 14.8 Å². The molecular formula is C21H25N3O5. The lowest BCUT2D eigenvalue weighted by molar-refractivity contribution is -0.145. The average Bonchev–Trinajstić information content (AvgIpc) is 2.92. The molecule has 1 aromatic heterocycles. The molecule has 29 heavy (non-hydrogen) atoms. The van der Waals surface area contributed by atoms with Gasteiger partial charge in [-0.05, 0) is 38.3 Å². The van der Waals surface area contributed by atoms with E-state index in [2.05, 4.69) is 4.98 Å². The zero-order valence-corrected chi connectivity index (χ0v) is 16.6. The molecule has 1 fully saturated rings. The van der Waals surface area contributed by atoms with E-state index in [0.29, 0.717) is 43.9 Å². The van der Waals surface area contributed by atoms with Crippen LogP contribution in [0.1, 0.15) is 42.4 Å². The third-order valence-corrected chi connectivity index (χ3v) is 5.15. The van der Waals surface area contributed by atoms with Gasteiger partial charge in [0.25, 0.3) is 5.91 Å². The van der Waals surface area contributed by atoms with E-state index in [1.165, 1.54) is 11.8 Å². The van der Waals surface area contributed by atoms with Crippen LogP contribution in [-0.4, -0.2) is 63.4 Å². The van der Waals surface area contributed by atoms with Crippen LogP contribution in [-0.2, 0) is 9.59 Å². The molecule has 0 radical (unpaired) electrons. The summed E-state index contributed by atoms with van der Waals surface area (Å²) in [6.07, 6.45) is 1.86. The number of carbonyl (C=O) groups excluding carboxylic acids is 2. The van der Waals surface area contributed by atoms with Crippen molar-refractivity contribution in [1.29, 1.82) is 0 Å². The number of nitrogens with zero attached hydrogens (tertiary/aromatic N) is 3. The van der Waals surface area contributed by atoms with Gasteiger partial charge in [-0.15, -0.1) is 0 Å². The Morgan fingerprint density at radius 1 is 1.21 bits per heavy atom. The summed E-state index contributed by atoms with van der Waals surface area (Å²) in [6.45, 7) is 3.74. The number of aromatic nitrogens is 1. The Balaban J connectivity index is 1.72. The van der Waals surface area contributed by atoms with Crippen LogP contribution in [0.25, 0.3) is 11.5 Å². The number of likely N-dealkylation sites (tertiary alicyclic amines) is 1. The number of amides is 2. The number of benzene rings is 1. The summed E-state index contributed by atoms with van der Waals surface area (Å²) >= 11 is 0. The summed E-state index contributed by atoms with van der Waals surface area (Å²) in [4.78, 5) is 43.4. The van der Waals surface area contributed by atoms with Gasteiger partial charge in [0.05, 0.1) is 5.69 Å². The molecule has 2 aromatic rings. The number of aliphatic carboxylic acids is 1. The molecule has 0 saturated carbocycles. The van der Waals surface area contributed by atoms with Crippen LogP contribution in [0.3, 0.4) is 0 Å². The van der Waals surface area contributed by atoms with Crippen LogP contribution in [0, 0.1) is 6.92 Å². The van der Waals surface area contributed by atoms with Crippen molar-refractivity contribution in [3.05, 3.63) is 41.8 Å². The zero-order valence-electron chi connectivity index (χ0n) is 16.6. The largest absolute Gasteiger partial charge is 0.480 e. The molecule has 1 aromatic carbocycles. The number of hydrogen-bond acceptors (Lipinski definition) is 5. The predicted molar refractivity (Wildman–Crippen MR) is 105 cm³/mol. The molecule has 2 heterocycles.